The maximum Gasteiger partial charge on any atom is 0.325 e. The van der Waals surface area contributed by atoms with Gasteiger partial charge >= 0.3 is 6.01 Å². The van der Waals surface area contributed by atoms with Crippen LogP contribution in [0.1, 0.15) is 48.7 Å². The number of hydrogen-bond donors (Lipinski definition) is 0. The lowest BCUT2D eigenvalue weighted by Crippen LogP contribution is -2.19. The van der Waals surface area contributed by atoms with Crippen LogP contribution in [0.3, 0.4) is 0 Å². The zero-order chi connectivity index (χ0) is 24.2. The van der Waals surface area contributed by atoms with Gasteiger partial charge in [-0.3, -0.25) is 4.79 Å². The third-order valence-corrected chi connectivity index (χ3v) is 6.90. The predicted octanol–water partition coefficient (Wildman–Crippen LogP) is 4.06. The van der Waals surface area contributed by atoms with E-state index in [0.29, 0.717) is 23.3 Å². The average Bonchev–Trinajstić information content (AvgIpc) is 2.74. The first-order chi connectivity index (χ1) is 15.6. The van der Waals surface area contributed by atoms with Gasteiger partial charge in [0.25, 0.3) is 5.56 Å². The summed E-state index contributed by atoms with van der Waals surface area (Å²) >= 11 is 0. The number of benzene rings is 1. The Morgan fingerprint density at radius 2 is 1.70 bits per heavy atom. The fourth-order valence-corrected chi connectivity index (χ4v) is 4.84. The quantitative estimate of drug-likeness (QED) is 0.434. The van der Waals surface area contributed by atoms with E-state index in [4.69, 9.17) is 4.74 Å². The van der Waals surface area contributed by atoms with Crippen LogP contribution in [0, 0.1) is 20.8 Å². The molecule has 176 valence electrons. The fraction of sp³-hybridized carbons (Fsp3) is 0.417. The number of ether oxygens (including phenoxy) is 1. The van der Waals surface area contributed by atoms with Gasteiger partial charge in [0, 0.05) is 24.4 Å². The lowest BCUT2D eigenvalue weighted by molar-refractivity contribution is 0.431. The second kappa shape index (κ2) is 10.2. The molecule has 0 radical (unpaired) electrons. The SMILES string of the molecule is CCCCCS(=O)(=O)Cc1nc(Oc2c(C)cccc2C)nc(-c2cc(C)c(=O)n(C)c2)n1. The fourth-order valence-electron chi connectivity index (χ4n) is 3.53. The van der Waals surface area contributed by atoms with Gasteiger partial charge in [0.15, 0.2) is 21.5 Å². The molecule has 0 aliphatic carbocycles. The highest BCUT2D eigenvalue weighted by Crippen LogP contribution is 2.28. The lowest BCUT2D eigenvalue weighted by atomic mass is 10.1. The topological polar surface area (TPSA) is 104 Å². The van der Waals surface area contributed by atoms with Crippen molar-refractivity contribution < 1.29 is 13.2 Å². The van der Waals surface area contributed by atoms with Crippen molar-refractivity contribution in [3.63, 3.8) is 0 Å². The molecule has 3 aromatic rings. The molecule has 0 spiro atoms. The number of para-hydroxylation sites is 1. The first kappa shape index (κ1) is 24.6. The number of pyridine rings is 1. The van der Waals surface area contributed by atoms with E-state index in [1.54, 1.807) is 26.2 Å². The van der Waals surface area contributed by atoms with E-state index in [1.165, 1.54) is 4.57 Å². The molecular formula is C24H30N4O4S. The molecule has 2 heterocycles. The second-order valence-corrected chi connectivity index (χ2v) is 10.5. The lowest BCUT2D eigenvalue weighted by Gasteiger charge is -2.13. The van der Waals surface area contributed by atoms with Gasteiger partial charge in [-0.05, 0) is 44.4 Å². The van der Waals surface area contributed by atoms with E-state index < -0.39 is 9.84 Å². The average molecular weight is 471 g/mol. The highest BCUT2D eigenvalue weighted by atomic mass is 32.2. The summed E-state index contributed by atoms with van der Waals surface area (Å²) < 4.78 is 32.8. The Hall–Kier alpha value is -3.07. The van der Waals surface area contributed by atoms with Crippen LogP contribution in [0.15, 0.2) is 35.3 Å². The Labute approximate surface area is 194 Å². The number of unbranched alkanes of at least 4 members (excludes halogenated alkanes) is 2. The summed E-state index contributed by atoms with van der Waals surface area (Å²) in [5, 5.41) is 0. The van der Waals surface area contributed by atoms with Crippen LogP contribution in [0.25, 0.3) is 11.4 Å². The largest absolute Gasteiger partial charge is 0.424 e. The molecule has 0 saturated heterocycles. The molecule has 0 fully saturated rings. The summed E-state index contributed by atoms with van der Waals surface area (Å²) in [5.74, 6) is 0.754. The van der Waals surface area contributed by atoms with Crippen LogP contribution in [0.5, 0.6) is 11.8 Å². The van der Waals surface area contributed by atoms with Gasteiger partial charge in [-0.25, -0.2) is 13.4 Å². The molecule has 0 atom stereocenters. The Balaban J connectivity index is 2.06. The van der Waals surface area contributed by atoms with Gasteiger partial charge < -0.3 is 9.30 Å². The summed E-state index contributed by atoms with van der Waals surface area (Å²) in [6, 6.07) is 7.46. The zero-order valence-corrected chi connectivity index (χ0v) is 20.6. The summed E-state index contributed by atoms with van der Waals surface area (Å²) in [4.78, 5) is 25.3. The number of aryl methyl sites for hydroxylation is 4. The molecule has 3 rings (SSSR count). The van der Waals surface area contributed by atoms with Crippen molar-refractivity contribution in [2.75, 3.05) is 5.75 Å². The molecule has 0 aliphatic heterocycles. The van der Waals surface area contributed by atoms with Gasteiger partial charge in [-0.2, -0.15) is 9.97 Å². The van der Waals surface area contributed by atoms with E-state index in [2.05, 4.69) is 15.0 Å². The van der Waals surface area contributed by atoms with E-state index in [9.17, 15) is 13.2 Å². The van der Waals surface area contributed by atoms with Crippen molar-refractivity contribution >= 4 is 9.84 Å². The molecule has 0 unspecified atom stereocenters. The molecule has 0 bridgehead atoms. The molecule has 0 amide bonds. The highest BCUT2D eigenvalue weighted by molar-refractivity contribution is 7.90. The molecule has 33 heavy (non-hydrogen) atoms. The minimum Gasteiger partial charge on any atom is -0.424 e. The number of rotatable bonds is 9. The smallest absolute Gasteiger partial charge is 0.325 e. The molecule has 1 aromatic carbocycles. The first-order valence-electron chi connectivity index (χ1n) is 11.0. The Morgan fingerprint density at radius 3 is 2.33 bits per heavy atom. The van der Waals surface area contributed by atoms with Crippen molar-refractivity contribution in [1.82, 2.24) is 19.5 Å². The van der Waals surface area contributed by atoms with Gasteiger partial charge in [-0.1, -0.05) is 38.0 Å². The van der Waals surface area contributed by atoms with E-state index >= 15 is 0 Å². The summed E-state index contributed by atoms with van der Waals surface area (Å²) in [5.41, 5.74) is 2.79. The van der Waals surface area contributed by atoms with Gasteiger partial charge in [0.1, 0.15) is 11.5 Å². The van der Waals surface area contributed by atoms with Crippen LogP contribution >= 0.6 is 0 Å². The maximum absolute atomic E-state index is 12.7. The summed E-state index contributed by atoms with van der Waals surface area (Å²) in [6.45, 7) is 7.57. The van der Waals surface area contributed by atoms with Crippen molar-refractivity contribution in [3.8, 4) is 23.1 Å². The minimum absolute atomic E-state index is 0.0164. The van der Waals surface area contributed by atoms with E-state index in [-0.39, 0.29) is 34.7 Å². The number of aromatic nitrogens is 4. The van der Waals surface area contributed by atoms with Crippen LogP contribution < -0.4 is 10.3 Å². The van der Waals surface area contributed by atoms with Crippen molar-refractivity contribution in [2.24, 2.45) is 7.05 Å². The molecular weight excluding hydrogens is 440 g/mol. The first-order valence-corrected chi connectivity index (χ1v) is 12.8. The van der Waals surface area contributed by atoms with Gasteiger partial charge in [0.2, 0.25) is 0 Å². The molecule has 9 heteroatoms. The monoisotopic (exact) mass is 470 g/mol. The van der Waals surface area contributed by atoms with Crippen LogP contribution in [0.4, 0.5) is 0 Å². The molecule has 0 N–H and O–H groups in total. The third kappa shape index (κ3) is 6.25. The Morgan fingerprint density at radius 1 is 1.00 bits per heavy atom. The van der Waals surface area contributed by atoms with Crippen LogP contribution in [-0.4, -0.2) is 33.7 Å². The molecule has 2 aromatic heterocycles. The number of sulfone groups is 1. The number of hydrogen-bond acceptors (Lipinski definition) is 7. The second-order valence-electron chi connectivity index (χ2n) is 8.31. The Bertz CT molecular complexity index is 1270. The third-order valence-electron chi connectivity index (χ3n) is 5.29. The molecule has 0 aliphatic rings. The van der Waals surface area contributed by atoms with Crippen molar-refractivity contribution in [2.45, 2.75) is 52.7 Å². The van der Waals surface area contributed by atoms with E-state index in [0.717, 1.165) is 24.0 Å². The standard InChI is InChI=1S/C24H30N4O4S/c1-6-7-8-12-33(30,31)15-20-25-22(19-13-18(4)23(29)28(5)14-19)27-24(26-20)32-21-16(2)10-9-11-17(21)3/h9-11,13-14H,6-8,12,15H2,1-5H3. The molecule has 8 nitrogen and oxygen atoms in total. The number of nitrogens with zero attached hydrogens (tertiary/aromatic N) is 4. The maximum atomic E-state index is 12.7. The summed E-state index contributed by atoms with van der Waals surface area (Å²) in [6.07, 6.45) is 4.00. The minimum atomic E-state index is -3.40. The normalized spacial score (nSPS) is 11.5. The van der Waals surface area contributed by atoms with E-state index in [1.807, 2.05) is 39.0 Å². The zero-order valence-electron chi connectivity index (χ0n) is 19.8. The molecule has 0 saturated carbocycles. The Kier molecular flexibility index (Phi) is 7.63. The predicted molar refractivity (Wildman–Crippen MR) is 128 cm³/mol. The van der Waals surface area contributed by atoms with Gasteiger partial charge in [-0.15, -0.1) is 0 Å². The van der Waals surface area contributed by atoms with Crippen molar-refractivity contribution in [1.29, 1.82) is 0 Å². The van der Waals surface area contributed by atoms with Crippen LogP contribution in [0.2, 0.25) is 0 Å². The summed E-state index contributed by atoms with van der Waals surface area (Å²) in [7, 11) is -1.75. The van der Waals surface area contributed by atoms with Gasteiger partial charge in [0.05, 0.1) is 5.75 Å². The van der Waals surface area contributed by atoms with Crippen molar-refractivity contribution in [3.05, 3.63) is 63.3 Å². The highest BCUT2D eigenvalue weighted by Gasteiger charge is 2.19. The van der Waals surface area contributed by atoms with Crippen LogP contribution in [-0.2, 0) is 22.6 Å².